The number of amides is 1. The number of nitrogens with one attached hydrogen (secondary N) is 3. The zero-order valence-corrected chi connectivity index (χ0v) is 23.5. The Morgan fingerprint density at radius 2 is 2.03 bits per heavy atom. The van der Waals surface area contributed by atoms with Crippen LogP contribution < -0.4 is 10.9 Å². The number of hydrogen-bond acceptors (Lipinski definition) is 7. The van der Waals surface area contributed by atoms with Crippen LogP contribution in [0.25, 0.3) is 0 Å². The van der Waals surface area contributed by atoms with E-state index in [2.05, 4.69) is 44.5 Å². The number of rotatable bonds is 4. The molecule has 1 aromatic carbocycles. The third kappa shape index (κ3) is 4.85. The molecule has 1 aliphatic carbocycles. The van der Waals surface area contributed by atoms with E-state index in [0.717, 1.165) is 73.7 Å². The van der Waals surface area contributed by atoms with Crippen LogP contribution in [0.4, 0.5) is 4.39 Å². The number of halogens is 1. The lowest BCUT2D eigenvalue weighted by Gasteiger charge is -2.42. The predicted octanol–water partition coefficient (Wildman–Crippen LogP) is 2.44. The van der Waals surface area contributed by atoms with E-state index in [1.165, 1.54) is 6.07 Å². The molecule has 212 valence electrons. The molecule has 3 fully saturated rings. The Labute approximate surface area is 230 Å². The number of hydrogen-bond donors (Lipinski definition) is 4. The predicted molar refractivity (Wildman–Crippen MR) is 147 cm³/mol. The Morgan fingerprint density at radius 1 is 1.21 bits per heavy atom. The second-order valence-corrected chi connectivity index (χ2v) is 12.2. The summed E-state index contributed by atoms with van der Waals surface area (Å²) in [6, 6.07) is 3.49. The minimum atomic E-state index is -0.537. The van der Waals surface area contributed by atoms with E-state index in [1.807, 2.05) is 14.0 Å². The zero-order valence-electron chi connectivity index (χ0n) is 23.5. The van der Waals surface area contributed by atoms with E-state index in [9.17, 15) is 14.3 Å². The van der Waals surface area contributed by atoms with Gasteiger partial charge in [0.1, 0.15) is 5.82 Å². The maximum Gasteiger partial charge on any atom is 0.240 e. The van der Waals surface area contributed by atoms with E-state index in [4.69, 9.17) is 4.98 Å². The molecule has 0 radical (unpaired) electrons. The van der Waals surface area contributed by atoms with Crippen LogP contribution in [0.1, 0.15) is 73.4 Å². The van der Waals surface area contributed by atoms with Gasteiger partial charge in [-0.3, -0.25) is 15.1 Å². The molecule has 9 nitrogen and oxygen atoms in total. The van der Waals surface area contributed by atoms with Crippen molar-refractivity contribution < 1.29 is 14.3 Å². The minimum absolute atomic E-state index is 0.0702. The molecule has 1 aromatic heterocycles. The molecule has 1 amide bonds. The quantitative estimate of drug-likeness (QED) is 0.474. The second kappa shape index (κ2) is 10.5. The molecular weight excluding hydrogens is 497 g/mol. The maximum absolute atomic E-state index is 14.2. The van der Waals surface area contributed by atoms with Gasteiger partial charge in [0.05, 0.1) is 23.5 Å². The number of carbonyl (C=O) groups is 1. The summed E-state index contributed by atoms with van der Waals surface area (Å²) in [6.07, 6.45) is 4.28. The lowest BCUT2D eigenvalue weighted by Crippen LogP contribution is -2.58. The largest absolute Gasteiger partial charge is 0.505 e. The number of nitrogens with zero attached hydrogens (tertiary/aromatic N) is 4. The average molecular weight is 540 g/mol. The normalized spacial score (nSPS) is 31.8. The van der Waals surface area contributed by atoms with Crippen LogP contribution in [0.15, 0.2) is 12.1 Å². The summed E-state index contributed by atoms with van der Waals surface area (Å²) in [5.74, 6) is 0.986. The van der Waals surface area contributed by atoms with Crippen molar-refractivity contribution >= 4 is 5.91 Å². The number of likely N-dealkylation sites (N-methyl/N-ethyl adjacent to an activating group) is 2. The van der Waals surface area contributed by atoms with E-state index >= 15 is 0 Å². The molecule has 4 heterocycles. The summed E-state index contributed by atoms with van der Waals surface area (Å²) >= 11 is 0. The number of aromatic hydroxyl groups is 1. The fourth-order valence-corrected chi connectivity index (χ4v) is 7.47. The first kappa shape index (κ1) is 26.7. The lowest BCUT2D eigenvalue weighted by atomic mass is 9.73. The van der Waals surface area contributed by atoms with E-state index < -0.39 is 5.82 Å². The molecule has 2 aromatic rings. The van der Waals surface area contributed by atoms with Crippen molar-refractivity contribution in [3.63, 3.8) is 0 Å². The number of aromatic nitrogens is 2. The van der Waals surface area contributed by atoms with Crippen LogP contribution in [-0.4, -0.2) is 87.5 Å². The van der Waals surface area contributed by atoms with Crippen molar-refractivity contribution in [3.8, 4) is 5.75 Å². The summed E-state index contributed by atoms with van der Waals surface area (Å²) in [4.78, 5) is 28.7. The van der Waals surface area contributed by atoms with Crippen molar-refractivity contribution in [2.75, 3.05) is 33.7 Å². The second-order valence-electron chi connectivity index (χ2n) is 12.2. The number of piperazine rings is 1. The minimum Gasteiger partial charge on any atom is -0.505 e. The molecule has 10 heteroatoms. The Balaban J connectivity index is 1.15. The number of fused-ring (bicyclic) bond motifs is 2. The number of hydrazine groups is 1. The highest BCUT2D eigenvalue weighted by atomic mass is 19.1. The number of carbonyl (C=O) groups excluding carboxylic acids is 1. The summed E-state index contributed by atoms with van der Waals surface area (Å²) < 4.78 is 14.2. The van der Waals surface area contributed by atoms with Gasteiger partial charge in [-0.1, -0.05) is 6.92 Å². The van der Waals surface area contributed by atoms with Crippen molar-refractivity contribution in [2.45, 2.75) is 82.6 Å². The van der Waals surface area contributed by atoms with Gasteiger partial charge in [-0.2, -0.15) is 0 Å². The van der Waals surface area contributed by atoms with Crippen molar-refractivity contribution in [2.24, 2.45) is 5.92 Å². The SMILES string of the molecule is CCc1cc(O)c(F)cc1C1CCC2C(C1)NNC2c1nc2c([nH]1)CN(C)[C@H](C(=O)N1CCN(C)C[C@@H]1C)C2. The maximum atomic E-state index is 14.2. The number of aryl methyl sites for hydroxylation is 1. The number of benzene rings is 1. The summed E-state index contributed by atoms with van der Waals surface area (Å²) in [6.45, 7) is 7.47. The first-order chi connectivity index (χ1) is 18.7. The molecule has 0 spiro atoms. The number of imidazole rings is 1. The Hall–Kier alpha value is -2.53. The molecule has 1 saturated carbocycles. The smallest absolute Gasteiger partial charge is 0.240 e. The van der Waals surface area contributed by atoms with Gasteiger partial charge >= 0.3 is 0 Å². The van der Waals surface area contributed by atoms with Gasteiger partial charge in [-0.15, -0.1) is 0 Å². The Bertz CT molecular complexity index is 1230. The van der Waals surface area contributed by atoms with Gasteiger partial charge in [-0.25, -0.2) is 14.8 Å². The van der Waals surface area contributed by atoms with Crippen molar-refractivity contribution in [1.82, 2.24) is 35.5 Å². The number of phenolic OH excluding ortho intramolecular Hbond substituents is 1. The highest BCUT2D eigenvalue weighted by Crippen LogP contribution is 2.44. The molecule has 4 aliphatic rings. The lowest BCUT2D eigenvalue weighted by molar-refractivity contribution is -0.141. The first-order valence-corrected chi connectivity index (χ1v) is 14.5. The van der Waals surface area contributed by atoms with Gasteiger partial charge in [0.25, 0.3) is 0 Å². The molecule has 3 aliphatic heterocycles. The molecule has 4 unspecified atom stereocenters. The van der Waals surface area contributed by atoms with Crippen LogP contribution >= 0.6 is 0 Å². The van der Waals surface area contributed by atoms with Crippen LogP contribution in [0.5, 0.6) is 5.75 Å². The zero-order chi connectivity index (χ0) is 27.4. The molecule has 0 bridgehead atoms. The Kier molecular flexibility index (Phi) is 7.16. The average Bonchev–Trinajstić information content (AvgIpc) is 3.52. The van der Waals surface area contributed by atoms with Gasteiger partial charge in [0, 0.05) is 44.7 Å². The monoisotopic (exact) mass is 539 g/mol. The van der Waals surface area contributed by atoms with Gasteiger partial charge < -0.3 is 19.9 Å². The fourth-order valence-electron chi connectivity index (χ4n) is 7.47. The molecular formula is C29H42FN7O2. The van der Waals surface area contributed by atoms with Crippen LogP contribution in [0.3, 0.4) is 0 Å². The van der Waals surface area contributed by atoms with Gasteiger partial charge in [0.15, 0.2) is 11.6 Å². The third-order valence-corrected chi connectivity index (χ3v) is 9.69. The van der Waals surface area contributed by atoms with Crippen molar-refractivity contribution in [1.29, 1.82) is 0 Å². The van der Waals surface area contributed by atoms with Crippen LogP contribution in [-0.2, 0) is 24.2 Å². The van der Waals surface area contributed by atoms with E-state index in [1.54, 1.807) is 6.07 Å². The van der Waals surface area contributed by atoms with Gasteiger partial charge in [0.2, 0.25) is 5.91 Å². The topological polar surface area (TPSA) is 99.8 Å². The molecule has 4 N–H and O–H groups in total. The number of phenols is 1. The highest BCUT2D eigenvalue weighted by Gasteiger charge is 2.44. The molecule has 6 atom stereocenters. The third-order valence-electron chi connectivity index (χ3n) is 9.69. The fraction of sp³-hybridized carbons (Fsp3) is 0.655. The Morgan fingerprint density at radius 3 is 2.79 bits per heavy atom. The van der Waals surface area contributed by atoms with Gasteiger partial charge in [-0.05, 0) is 81.8 Å². The van der Waals surface area contributed by atoms with Crippen LogP contribution in [0.2, 0.25) is 0 Å². The number of aromatic amines is 1. The van der Waals surface area contributed by atoms with E-state index in [-0.39, 0.29) is 41.7 Å². The first-order valence-electron chi connectivity index (χ1n) is 14.5. The number of H-pyrrole nitrogens is 1. The van der Waals surface area contributed by atoms with Crippen molar-refractivity contribution in [3.05, 3.63) is 46.3 Å². The van der Waals surface area contributed by atoms with E-state index in [0.29, 0.717) is 18.9 Å². The molecule has 39 heavy (non-hydrogen) atoms. The molecule has 6 rings (SSSR count). The summed E-state index contributed by atoms with van der Waals surface area (Å²) in [5, 5.41) is 9.85. The summed E-state index contributed by atoms with van der Waals surface area (Å²) in [5.41, 5.74) is 11.2. The van der Waals surface area contributed by atoms with Crippen LogP contribution in [0, 0.1) is 11.7 Å². The highest BCUT2D eigenvalue weighted by molar-refractivity contribution is 5.83. The summed E-state index contributed by atoms with van der Waals surface area (Å²) in [7, 11) is 4.15. The standard InChI is InChI=1S/C29H42FN7O2/c1-5-17-11-26(38)21(30)12-20(17)18-6-7-19-22(10-18)33-34-27(19)28-31-23-13-25(36(4)15-24(23)32-28)29(39)37-9-8-35(3)14-16(37)2/h11-12,16,18-19,22,25,27,33-34,38H,5-10,13-15H2,1-4H3,(H,31,32)/t16-,18?,19?,22?,25-,27?/m0/s1. The molecule has 2 saturated heterocycles.